The van der Waals surface area contributed by atoms with Gasteiger partial charge < -0.3 is 10.5 Å². The van der Waals surface area contributed by atoms with Gasteiger partial charge in [-0.2, -0.15) is 4.68 Å². The molecule has 0 amide bonds. The predicted octanol–water partition coefficient (Wildman–Crippen LogP) is 0.186. The van der Waals surface area contributed by atoms with E-state index in [1.165, 1.54) is 16.0 Å². The van der Waals surface area contributed by atoms with E-state index in [4.69, 9.17) is 10.5 Å². The van der Waals surface area contributed by atoms with E-state index in [0.29, 0.717) is 5.13 Å². The van der Waals surface area contributed by atoms with Crippen molar-refractivity contribution in [1.82, 2.24) is 25.2 Å². The molecule has 0 radical (unpaired) electrons. The van der Waals surface area contributed by atoms with Gasteiger partial charge in [0.1, 0.15) is 5.01 Å². The van der Waals surface area contributed by atoms with Crippen LogP contribution in [-0.4, -0.2) is 37.8 Å². The molecule has 0 aliphatic heterocycles. The number of anilines is 1. The molecule has 0 saturated heterocycles. The first-order valence-corrected chi connectivity index (χ1v) is 5.64. The maximum Gasteiger partial charge on any atom is 0.362 e. The Kier molecular flexibility index (Phi) is 3.00. The molecule has 9 heteroatoms. The van der Waals surface area contributed by atoms with Gasteiger partial charge in [0.05, 0.1) is 6.61 Å². The molecule has 2 heterocycles. The minimum absolute atomic E-state index is 0.0142. The van der Waals surface area contributed by atoms with Crippen LogP contribution in [0.15, 0.2) is 0 Å². The van der Waals surface area contributed by atoms with Crippen LogP contribution in [0, 0.1) is 6.92 Å². The van der Waals surface area contributed by atoms with Gasteiger partial charge >= 0.3 is 5.97 Å². The molecular weight excluding hydrogens is 244 g/mol. The number of nitrogens with two attached hydrogens (primary N) is 1. The lowest BCUT2D eigenvalue weighted by molar-refractivity contribution is 0.0520. The minimum atomic E-state index is -0.600. The number of ether oxygens (including phenoxy) is 1. The van der Waals surface area contributed by atoms with Gasteiger partial charge in [0.15, 0.2) is 5.82 Å². The summed E-state index contributed by atoms with van der Waals surface area (Å²) in [4.78, 5) is 11.5. The van der Waals surface area contributed by atoms with E-state index in [1.807, 2.05) is 0 Å². The SMILES string of the molecule is CCOC(=O)c1nnn(-c2nnc(C)s2)c1N. The topological polar surface area (TPSA) is 109 Å². The maximum absolute atomic E-state index is 11.5. The zero-order valence-corrected chi connectivity index (χ0v) is 10.1. The van der Waals surface area contributed by atoms with Crippen molar-refractivity contribution >= 4 is 23.1 Å². The summed E-state index contributed by atoms with van der Waals surface area (Å²) in [6, 6.07) is 0. The normalized spacial score (nSPS) is 10.5. The fourth-order valence-corrected chi connectivity index (χ4v) is 1.80. The average Bonchev–Trinajstić information content (AvgIpc) is 2.85. The summed E-state index contributed by atoms with van der Waals surface area (Å²) in [5, 5.41) is 16.4. The highest BCUT2D eigenvalue weighted by molar-refractivity contribution is 7.13. The van der Waals surface area contributed by atoms with E-state index < -0.39 is 5.97 Å². The third-order valence-corrected chi connectivity index (χ3v) is 2.68. The standard InChI is InChI=1S/C8H10N6O2S/c1-3-16-7(15)5-6(9)14(13-11-5)8-12-10-4(2)17-8/h3,9H2,1-2H3. The Balaban J connectivity index is 2.36. The number of carbonyl (C=O) groups is 1. The second-order valence-corrected chi connectivity index (χ2v) is 4.22. The van der Waals surface area contributed by atoms with Gasteiger partial charge in [-0.3, -0.25) is 0 Å². The van der Waals surface area contributed by atoms with Crippen LogP contribution in [0.4, 0.5) is 5.82 Å². The number of nitrogens with zero attached hydrogens (tertiary/aromatic N) is 5. The molecular formula is C8H10N6O2S. The van der Waals surface area contributed by atoms with Gasteiger partial charge in [-0.15, -0.1) is 15.3 Å². The highest BCUT2D eigenvalue weighted by Gasteiger charge is 2.20. The van der Waals surface area contributed by atoms with E-state index in [1.54, 1.807) is 13.8 Å². The van der Waals surface area contributed by atoms with Crippen molar-refractivity contribution in [1.29, 1.82) is 0 Å². The molecule has 2 aromatic rings. The number of hydrogen-bond donors (Lipinski definition) is 1. The first-order valence-electron chi connectivity index (χ1n) is 4.82. The molecule has 0 unspecified atom stereocenters. The van der Waals surface area contributed by atoms with Crippen LogP contribution in [-0.2, 0) is 4.74 Å². The molecule has 0 spiro atoms. The van der Waals surface area contributed by atoms with Gasteiger partial charge in [-0.1, -0.05) is 16.6 Å². The third-order valence-electron chi connectivity index (χ3n) is 1.87. The van der Waals surface area contributed by atoms with Crippen LogP contribution in [0.25, 0.3) is 5.13 Å². The largest absolute Gasteiger partial charge is 0.461 e. The molecule has 0 aliphatic carbocycles. The van der Waals surface area contributed by atoms with Crippen LogP contribution in [0.2, 0.25) is 0 Å². The number of nitrogen functional groups attached to an aromatic ring is 1. The molecule has 2 rings (SSSR count). The van der Waals surface area contributed by atoms with Gasteiger partial charge in [-0.05, 0) is 13.8 Å². The fraction of sp³-hybridized carbons (Fsp3) is 0.375. The summed E-state index contributed by atoms with van der Waals surface area (Å²) in [6.45, 7) is 3.76. The molecule has 0 saturated carbocycles. The van der Waals surface area contributed by atoms with Crippen LogP contribution >= 0.6 is 11.3 Å². The van der Waals surface area contributed by atoms with Gasteiger partial charge in [0.2, 0.25) is 10.8 Å². The first kappa shape index (κ1) is 11.5. The minimum Gasteiger partial charge on any atom is -0.461 e. The molecule has 8 nitrogen and oxygen atoms in total. The van der Waals surface area contributed by atoms with Gasteiger partial charge in [0.25, 0.3) is 0 Å². The molecule has 90 valence electrons. The first-order chi connectivity index (χ1) is 8.13. The van der Waals surface area contributed by atoms with Crippen LogP contribution in [0.5, 0.6) is 0 Å². The fourth-order valence-electron chi connectivity index (χ4n) is 1.15. The summed E-state index contributed by atoms with van der Waals surface area (Å²) in [7, 11) is 0. The number of aryl methyl sites for hydroxylation is 1. The third kappa shape index (κ3) is 2.09. The zero-order chi connectivity index (χ0) is 12.4. The van der Waals surface area contributed by atoms with E-state index in [2.05, 4.69) is 20.5 Å². The van der Waals surface area contributed by atoms with Crippen molar-refractivity contribution in [3.8, 4) is 5.13 Å². The van der Waals surface area contributed by atoms with E-state index in [0.717, 1.165) is 5.01 Å². The summed E-state index contributed by atoms with van der Waals surface area (Å²) in [5.74, 6) is -0.503. The Morgan fingerprint density at radius 2 is 2.24 bits per heavy atom. The van der Waals surface area contributed by atoms with Crippen LogP contribution in [0.1, 0.15) is 22.4 Å². The number of hydrogen-bond acceptors (Lipinski definition) is 8. The lowest BCUT2D eigenvalue weighted by Crippen LogP contribution is -2.09. The smallest absolute Gasteiger partial charge is 0.362 e. The number of rotatable bonds is 3. The lowest BCUT2D eigenvalue weighted by atomic mass is 10.4. The molecule has 0 aromatic carbocycles. The number of carbonyl (C=O) groups excluding carboxylic acids is 1. The monoisotopic (exact) mass is 254 g/mol. The highest BCUT2D eigenvalue weighted by Crippen LogP contribution is 2.18. The molecule has 0 fully saturated rings. The molecule has 2 N–H and O–H groups in total. The van der Waals surface area contributed by atoms with E-state index in [9.17, 15) is 4.79 Å². The molecule has 0 bridgehead atoms. The molecule has 17 heavy (non-hydrogen) atoms. The van der Waals surface area contributed by atoms with Crippen molar-refractivity contribution in [3.63, 3.8) is 0 Å². The number of aromatic nitrogens is 5. The van der Waals surface area contributed by atoms with Crippen molar-refractivity contribution in [2.75, 3.05) is 12.3 Å². The quantitative estimate of drug-likeness (QED) is 0.778. The van der Waals surface area contributed by atoms with E-state index in [-0.39, 0.29) is 18.1 Å². The Morgan fingerprint density at radius 3 is 2.82 bits per heavy atom. The van der Waals surface area contributed by atoms with Gasteiger partial charge in [0, 0.05) is 0 Å². The Hall–Kier alpha value is -2.03. The average molecular weight is 254 g/mol. The summed E-state index contributed by atoms with van der Waals surface area (Å²) >= 11 is 1.30. The predicted molar refractivity (Wildman–Crippen MR) is 59.9 cm³/mol. The summed E-state index contributed by atoms with van der Waals surface area (Å²) in [6.07, 6.45) is 0. The van der Waals surface area contributed by atoms with Crippen LogP contribution < -0.4 is 5.73 Å². The van der Waals surface area contributed by atoms with Crippen LogP contribution in [0.3, 0.4) is 0 Å². The lowest BCUT2D eigenvalue weighted by Gasteiger charge is -1.99. The Morgan fingerprint density at radius 1 is 1.47 bits per heavy atom. The highest BCUT2D eigenvalue weighted by atomic mass is 32.1. The Labute approximate surface area is 100 Å². The second kappa shape index (κ2) is 4.45. The molecule has 2 aromatic heterocycles. The van der Waals surface area contributed by atoms with Gasteiger partial charge in [-0.25, -0.2) is 4.79 Å². The van der Waals surface area contributed by atoms with Crippen molar-refractivity contribution in [3.05, 3.63) is 10.7 Å². The molecule has 0 atom stereocenters. The summed E-state index contributed by atoms with van der Waals surface area (Å²) in [5.41, 5.74) is 5.74. The van der Waals surface area contributed by atoms with Crippen molar-refractivity contribution in [2.45, 2.75) is 13.8 Å². The number of esters is 1. The summed E-state index contributed by atoms with van der Waals surface area (Å²) < 4.78 is 6.06. The molecule has 0 aliphatic rings. The Bertz CT molecular complexity index is 548. The van der Waals surface area contributed by atoms with Crippen molar-refractivity contribution < 1.29 is 9.53 Å². The van der Waals surface area contributed by atoms with E-state index >= 15 is 0 Å². The van der Waals surface area contributed by atoms with Crippen molar-refractivity contribution in [2.24, 2.45) is 0 Å². The second-order valence-electron chi connectivity index (χ2n) is 3.06. The zero-order valence-electron chi connectivity index (χ0n) is 9.25. The maximum atomic E-state index is 11.5.